The van der Waals surface area contributed by atoms with E-state index in [0.29, 0.717) is 18.8 Å². The van der Waals surface area contributed by atoms with Crippen LogP contribution < -0.4 is 9.64 Å². The summed E-state index contributed by atoms with van der Waals surface area (Å²) in [6.07, 6.45) is 8.46. The summed E-state index contributed by atoms with van der Waals surface area (Å²) < 4.78 is 7.05. The van der Waals surface area contributed by atoms with Gasteiger partial charge in [0.15, 0.2) is 5.69 Å². The lowest BCUT2D eigenvalue weighted by Gasteiger charge is -2.28. The van der Waals surface area contributed by atoms with Crippen molar-refractivity contribution in [1.29, 1.82) is 0 Å². The van der Waals surface area contributed by atoms with Gasteiger partial charge in [-0.15, -0.1) is 0 Å². The summed E-state index contributed by atoms with van der Waals surface area (Å²) >= 11 is 0. The Morgan fingerprint density at radius 2 is 1.58 bits per heavy atom. The Balaban J connectivity index is 1.44. The minimum Gasteiger partial charge on any atom is -0.497 e. The molecule has 1 aliphatic carbocycles. The number of para-hydroxylation sites is 1. The molecule has 1 aliphatic heterocycles. The predicted octanol–water partition coefficient (Wildman–Crippen LogP) is 5.84. The average Bonchev–Trinajstić information content (AvgIpc) is 3.72. The fraction of sp³-hybridized carbons (Fsp3) is 0.452. The van der Waals surface area contributed by atoms with E-state index in [9.17, 15) is 9.59 Å². The lowest BCUT2D eigenvalue weighted by atomic mass is 10.1. The van der Waals surface area contributed by atoms with Gasteiger partial charge in [-0.2, -0.15) is 5.10 Å². The zero-order valence-corrected chi connectivity index (χ0v) is 22.6. The second-order valence-electron chi connectivity index (χ2n) is 10.5. The molecule has 1 aromatic heterocycles. The Bertz CT molecular complexity index is 1260. The van der Waals surface area contributed by atoms with E-state index in [-0.39, 0.29) is 17.7 Å². The molecule has 38 heavy (non-hydrogen) atoms. The number of hydrogen-bond acceptors (Lipinski definition) is 4. The lowest BCUT2D eigenvalue weighted by Crippen LogP contribution is -2.36. The van der Waals surface area contributed by atoms with Crippen LogP contribution in [0.15, 0.2) is 54.6 Å². The molecule has 0 unspecified atom stereocenters. The summed E-state index contributed by atoms with van der Waals surface area (Å²) in [5.41, 5.74) is 4.25. The molecule has 0 radical (unpaired) electrons. The third-order valence-electron chi connectivity index (χ3n) is 7.67. The van der Waals surface area contributed by atoms with Crippen LogP contribution in [-0.4, -0.2) is 46.7 Å². The topological polar surface area (TPSA) is 67.7 Å². The Kier molecular flexibility index (Phi) is 8.11. The van der Waals surface area contributed by atoms with Crippen molar-refractivity contribution < 1.29 is 14.3 Å². The van der Waals surface area contributed by atoms with Crippen LogP contribution >= 0.6 is 0 Å². The molecular formula is C31H38N4O3. The number of hydrogen-bond donors (Lipinski definition) is 0. The van der Waals surface area contributed by atoms with Crippen LogP contribution in [0.4, 0.5) is 5.69 Å². The van der Waals surface area contributed by atoms with Gasteiger partial charge in [0, 0.05) is 43.9 Å². The molecule has 1 fully saturated rings. The Labute approximate surface area is 225 Å². The van der Waals surface area contributed by atoms with Crippen LogP contribution in [0.5, 0.6) is 5.75 Å². The van der Waals surface area contributed by atoms with Crippen molar-refractivity contribution in [3.8, 4) is 17.0 Å². The highest BCUT2D eigenvalue weighted by molar-refractivity contribution is 5.97. The van der Waals surface area contributed by atoms with Crippen LogP contribution in [-0.2, 0) is 18.4 Å². The molecule has 2 amide bonds. The van der Waals surface area contributed by atoms with Crippen molar-refractivity contribution in [3.63, 3.8) is 0 Å². The molecule has 7 heteroatoms. The van der Waals surface area contributed by atoms with Crippen LogP contribution in [0.3, 0.4) is 0 Å². The average molecular weight is 515 g/mol. The van der Waals surface area contributed by atoms with E-state index < -0.39 is 0 Å². The van der Waals surface area contributed by atoms with E-state index in [2.05, 4.69) is 11.2 Å². The Hall–Kier alpha value is -3.61. The van der Waals surface area contributed by atoms with Crippen LogP contribution in [0.2, 0.25) is 0 Å². The highest BCUT2D eigenvalue weighted by Gasteiger charge is 2.34. The molecule has 2 aromatic carbocycles. The fourth-order valence-corrected chi connectivity index (χ4v) is 5.31. The maximum absolute atomic E-state index is 13.9. The molecule has 2 aliphatic rings. The predicted molar refractivity (Wildman–Crippen MR) is 149 cm³/mol. The number of carbonyl (C=O) groups is 2. The fourth-order valence-electron chi connectivity index (χ4n) is 5.31. The minimum atomic E-state index is -0.0786. The zero-order chi connectivity index (χ0) is 26.5. The van der Waals surface area contributed by atoms with Crippen molar-refractivity contribution in [2.45, 2.75) is 57.9 Å². The van der Waals surface area contributed by atoms with E-state index in [4.69, 9.17) is 4.74 Å². The minimum absolute atomic E-state index is 0.0786. The van der Waals surface area contributed by atoms with Crippen molar-refractivity contribution in [2.75, 3.05) is 25.1 Å². The van der Waals surface area contributed by atoms with Crippen LogP contribution in [0.25, 0.3) is 11.3 Å². The first kappa shape index (κ1) is 26.0. The molecule has 0 saturated heterocycles. The lowest BCUT2D eigenvalue weighted by molar-refractivity contribution is -0.119. The largest absolute Gasteiger partial charge is 0.497 e. The summed E-state index contributed by atoms with van der Waals surface area (Å²) in [7, 11) is 3.51. The van der Waals surface area contributed by atoms with Gasteiger partial charge in [-0.05, 0) is 67.6 Å². The number of fused-ring (bicyclic) bond motifs is 1. The van der Waals surface area contributed by atoms with Crippen molar-refractivity contribution >= 4 is 17.5 Å². The number of aromatic nitrogens is 2. The number of ether oxygens (including phenoxy) is 1. The maximum Gasteiger partial charge on any atom is 0.274 e. The van der Waals surface area contributed by atoms with Gasteiger partial charge in [0.25, 0.3) is 5.91 Å². The van der Waals surface area contributed by atoms with Crippen molar-refractivity contribution in [2.24, 2.45) is 13.0 Å². The first-order valence-electron chi connectivity index (χ1n) is 13.9. The summed E-state index contributed by atoms with van der Waals surface area (Å²) in [5, 5.41) is 4.61. The molecule has 0 spiro atoms. The quantitative estimate of drug-likeness (QED) is 0.439. The summed E-state index contributed by atoms with van der Waals surface area (Å²) in [6.45, 7) is 1.86. The second-order valence-corrected chi connectivity index (χ2v) is 10.5. The van der Waals surface area contributed by atoms with Gasteiger partial charge in [0.1, 0.15) is 5.75 Å². The monoisotopic (exact) mass is 514 g/mol. The standard InChI is InChI=1S/C31H38N4O3/c1-33-29(23-15-17-26(38-2)18-16-23)21-27(32-33)31(37)34-19-9-5-3-4-6-10-20-35(30(36)24-13-14-24)28-12-8-7-11-25(28)22-34/h7-8,11-12,15-18,21,24H,3-6,9-10,13-14,19-20,22H2,1-2H3. The maximum atomic E-state index is 13.9. The van der Waals surface area contributed by atoms with Gasteiger partial charge >= 0.3 is 0 Å². The molecule has 200 valence electrons. The van der Waals surface area contributed by atoms with E-state index >= 15 is 0 Å². The smallest absolute Gasteiger partial charge is 0.274 e. The molecule has 7 nitrogen and oxygen atoms in total. The third kappa shape index (κ3) is 5.93. The Morgan fingerprint density at radius 3 is 2.29 bits per heavy atom. The van der Waals surface area contributed by atoms with Gasteiger partial charge in [-0.1, -0.05) is 43.9 Å². The van der Waals surface area contributed by atoms with E-state index in [0.717, 1.165) is 86.2 Å². The number of carbonyl (C=O) groups excluding carboxylic acids is 2. The number of nitrogens with zero attached hydrogens (tertiary/aromatic N) is 4. The van der Waals surface area contributed by atoms with Gasteiger partial charge in [-0.25, -0.2) is 0 Å². The first-order valence-corrected chi connectivity index (χ1v) is 13.9. The third-order valence-corrected chi connectivity index (χ3v) is 7.67. The SMILES string of the molecule is COc1ccc(-c2cc(C(=O)N3CCCCCCCCN(C(=O)C4CC4)c4ccccc4C3)nn2C)cc1. The van der Waals surface area contributed by atoms with Crippen LogP contribution in [0, 0.1) is 5.92 Å². The molecule has 0 atom stereocenters. The Morgan fingerprint density at radius 1 is 0.895 bits per heavy atom. The number of amides is 2. The molecular weight excluding hydrogens is 476 g/mol. The molecule has 0 N–H and O–H groups in total. The van der Waals surface area contributed by atoms with E-state index in [1.807, 2.05) is 65.4 Å². The van der Waals surface area contributed by atoms with Gasteiger partial charge in [0.2, 0.25) is 5.91 Å². The van der Waals surface area contributed by atoms with Gasteiger partial charge in [-0.3, -0.25) is 14.3 Å². The number of aryl methyl sites for hydroxylation is 1. The van der Waals surface area contributed by atoms with Crippen LogP contribution in [0.1, 0.15) is 67.4 Å². The number of methoxy groups -OCH3 is 1. The molecule has 3 aromatic rings. The van der Waals surface area contributed by atoms with Crippen molar-refractivity contribution in [1.82, 2.24) is 14.7 Å². The highest BCUT2D eigenvalue weighted by atomic mass is 16.5. The second kappa shape index (κ2) is 11.8. The van der Waals surface area contributed by atoms with Crippen molar-refractivity contribution in [3.05, 3.63) is 65.9 Å². The molecule has 2 heterocycles. The van der Waals surface area contributed by atoms with Gasteiger partial charge in [0.05, 0.1) is 12.8 Å². The molecule has 0 bridgehead atoms. The van der Waals surface area contributed by atoms with E-state index in [1.54, 1.807) is 11.8 Å². The first-order chi connectivity index (χ1) is 18.5. The number of benzene rings is 2. The highest BCUT2D eigenvalue weighted by Crippen LogP contribution is 2.34. The molecule has 1 saturated carbocycles. The number of rotatable bonds is 4. The summed E-state index contributed by atoms with van der Waals surface area (Å²) in [5.74, 6) is 1.10. The molecule has 5 rings (SSSR count). The number of anilines is 1. The summed E-state index contributed by atoms with van der Waals surface area (Å²) in [4.78, 5) is 31.1. The zero-order valence-electron chi connectivity index (χ0n) is 22.6. The van der Waals surface area contributed by atoms with E-state index in [1.165, 1.54) is 0 Å². The van der Waals surface area contributed by atoms with Gasteiger partial charge < -0.3 is 14.5 Å². The summed E-state index contributed by atoms with van der Waals surface area (Å²) in [6, 6.07) is 17.8. The normalized spacial score (nSPS) is 17.1.